The number of halogens is 1. The Hall–Kier alpha value is -1.52. The van der Waals surface area contributed by atoms with Gasteiger partial charge in [0.25, 0.3) is 0 Å². The zero-order valence-corrected chi connectivity index (χ0v) is 10.8. The second kappa shape index (κ2) is 4.79. The van der Waals surface area contributed by atoms with Crippen molar-refractivity contribution >= 4 is 28.6 Å². The minimum absolute atomic E-state index is 0.0670. The number of nitrogen functional groups attached to an aromatic ring is 1. The first-order valence-corrected chi connectivity index (χ1v) is 6.18. The molecular formula is C10H12ClN5O4. The Labute approximate surface area is 117 Å². The van der Waals surface area contributed by atoms with Crippen LogP contribution in [0.1, 0.15) is 6.23 Å². The molecule has 0 aromatic carbocycles. The highest BCUT2D eigenvalue weighted by atomic mass is 35.5. The summed E-state index contributed by atoms with van der Waals surface area (Å²) in [4.78, 5) is 11.8. The number of imidazole rings is 1. The van der Waals surface area contributed by atoms with Gasteiger partial charge in [-0.2, -0.15) is 9.97 Å². The van der Waals surface area contributed by atoms with E-state index in [-0.39, 0.29) is 23.4 Å². The van der Waals surface area contributed by atoms with Crippen LogP contribution in [0.3, 0.4) is 0 Å². The van der Waals surface area contributed by atoms with Crippen LogP contribution in [0.2, 0.25) is 5.28 Å². The van der Waals surface area contributed by atoms with E-state index in [0.717, 1.165) is 0 Å². The van der Waals surface area contributed by atoms with E-state index in [2.05, 4.69) is 15.0 Å². The molecule has 0 spiro atoms. The number of aliphatic hydroxyl groups excluding tert-OH is 3. The number of hydrogen-bond donors (Lipinski definition) is 4. The van der Waals surface area contributed by atoms with Gasteiger partial charge in [0, 0.05) is 0 Å². The van der Waals surface area contributed by atoms with E-state index in [0.29, 0.717) is 5.52 Å². The molecule has 2 aromatic rings. The van der Waals surface area contributed by atoms with Crippen molar-refractivity contribution in [3.8, 4) is 0 Å². The Bertz CT molecular complexity index is 650. The summed E-state index contributed by atoms with van der Waals surface area (Å²) in [6.45, 7) is -0.128. The van der Waals surface area contributed by atoms with Gasteiger partial charge in [0.05, 0.1) is 12.9 Å². The summed E-state index contributed by atoms with van der Waals surface area (Å²) in [5, 5.41) is 29.1. The number of nitrogens with zero attached hydrogens (tertiary/aromatic N) is 4. The first kappa shape index (κ1) is 13.5. The van der Waals surface area contributed by atoms with Crippen LogP contribution in [-0.2, 0) is 4.74 Å². The summed E-state index contributed by atoms with van der Waals surface area (Å²) in [7, 11) is 0. The van der Waals surface area contributed by atoms with Crippen molar-refractivity contribution in [2.75, 3.05) is 12.3 Å². The molecule has 1 aliphatic heterocycles. The number of fused-ring (bicyclic) bond motifs is 1. The number of nitrogens with two attached hydrogens (primary N) is 1. The lowest BCUT2D eigenvalue weighted by Crippen LogP contribution is -2.50. The standard InChI is InChI=1S/C10H12ClN5O4/c11-10-14-7(12)4-8(15-10)16(2-13-4)9-6(19)5(18)3(17)1-20-9/h2-3,5-6,9,17-19H,1H2,(H2,12,14,15)/t3-,5-,6-,9+/m1/s1. The summed E-state index contributed by atoms with van der Waals surface area (Å²) < 4.78 is 6.71. The summed E-state index contributed by atoms with van der Waals surface area (Å²) in [5.41, 5.74) is 6.26. The average Bonchev–Trinajstić information content (AvgIpc) is 2.80. The number of anilines is 1. The molecular weight excluding hydrogens is 290 g/mol. The van der Waals surface area contributed by atoms with Crippen molar-refractivity contribution < 1.29 is 20.1 Å². The minimum Gasteiger partial charge on any atom is -0.388 e. The highest BCUT2D eigenvalue weighted by Gasteiger charge is 2.39. The molecule has 108 valence electrons. The second-order valence-electron chi connectivity index (χ2n) is 4.47. The van der Waals surface area contributed by atoms with Gasteiger partial charge in [-0.3, -0.25) is 4.57 Å². The molecule has 0 unspecified atom stereocenters. The van der Waals surface area contributed by atoms with Gasteiger partial charge < -0.3 is 25.8 Å². The Morgan fingerprint density at radius 1 is 1.30 bits per heavy atom. The van der Waals surface area contributed by atoms with Gasteiger partial charge in [-0.05, 0) is 11.6 Å². The van der Waals surface area contributed by atoms with Gasteiger partial charge in [0.1, 0.15) is 23.8 Å². The molecule has 3 heterocycles. The Morgan fingerprint density at radius 2 is 2.05 bits per heavy atom. The Kier molecular flexibility index (Phi) is 3.22. The van der Waals surface area contributed by atoms with Crippen molar-refractivity contribution in [2.45, 2.75) is 24.5 Å². The zero-order chi connectivity index (χ0) is 14.4. The maximum absolute atomic E-state index is 9.99. The molecule has 1 aliphatic rings. The first-order chi connectivity index (χ1) is 9.49. The summed E-state index contributed by atoms with van der Waals surface area (Å²) in [5.74, 6) is 0.102. The molecule has 0 amide bonds. The Balaban J connectivity index is 2.06. The maximum atomic E-state index is 9.99. The van der Waals surface area contributed by atoms with Crippen LogP contribution < -0.4 is 5.73 Å². The maximum Gasteiger partial charge on any atom is 0.226 e. The van der Waals surface area contributed by atoms with Crippen LogP contribution in [0.5, 0.6) is 0 Å². The number of aromatic nitrogens is 4. The fourth-order valence-electron chi connectivity index (χ4n) is 2.13. The third-order valence-electron chi connectivity index (χ3n) is 3.17. The fraction of sp³-hybridized carbons (Fsp3) is 0.500. The van der Waals surface area contributed by atoms with Crippen LogP contribution in [0, 0.1) is 0 Å². The van der Waals surface area contributed by atoms with E-state index in [4.69, 9.17) is 22.1 Å². The molecule has 0 saturated carbocycles. The molecule has 1 saturated heterocycles. The van der Waals surface area contributed by atoms with Crippen molar-refractivity contribution in [1.82, 2.24) is 19.5 Å². The largest absolute Gasteiger partial charge is 0.388 e. The van der Waals surface area contributed by atoms with E-state index in [1.54, 1.807) is 0 Å². The van der Waals surface area contributed by atoms with Gasteiger partial charge in [0.15, 0.2) is 17.7 Å². The van der Waals surface area contributed by atoms with Gasteiger partial charge >= 0.3 is 0 Å². The summed E-state index contributed by atoms with van der Waals surface area (Å²) >= 11 is 5.74. The SMILES string of the molecule is Nc1nc(Cl)nc2c1ncn2[C@H]1OC[C@@H](O)[C@@H](O)[C@H]1O. The predicted octanol–water partition coefficient (Wildman–Crippen LogP) is -1.33. The molecule has 3 rings (SSSR count). The van der Waals surface area contributed by atoms with E-state index in [9.17, 15) is 15.3 Å². The van der Waals surface area contributed by atoms with Crippen LogP contribution in [0.4, 0.5) is 5.82 Å². The van der Waals surface area contributed by atoms with Gasteiger partial charge in [-0.1, -0.05) is 0 Å². The number of rotatable bonds is 1. The van der Waals surface area contributed by atoms with Crippen molar-refractivity contribution in [3.63, 3.8) is 0 Å². The second-order valence-corrected chi connectivity index (χ2v) is 4.81. The summed E-state index contributed by atoms with van der Waals surface area (Å²) in [6.07, 6.45) is -3.43. The highest BCUT2D eigenvalue weighted by molar-refractivity contribution is 6.28. The lowest BCUT2D eigenvalue weighted by atomic mass is 10.0. The van der Waals surface area contributed by atoms with Crippen LogP contribution >= 0.6 is 11.6 Å². The quantitative estimate of drug-likeness (QED) is 0.475. The summed E-state index contributed by atoms with van der Waals surface area (Å²) in [6, 6.07) is 0. The molecule has 5 N–H and O–H groups in total. The highest BCUT2D eigenvalue weighted by Crippen LogP contribution is 2.28. The molecule has 0 aliphatic carbocycles. The monoisotopic (exact) mass is 301 g/mol. The number of ether oxygens (including phenoxy) is 1. The van der Waals surface area contributed by atoms with Crippen LogP contribution in [-0.4, -0.2) is 59.8 Å². The predicted molar refractivity (Wildman–Crippen MR) is 67.8 cm³/mol. The molecule has 1 fully saturated rings. The molecule has 0 bridgehead atoms. The molecule has 4 atom stereocenters. The smallest absolute Gasteiger partial charge is 0.226 e. The van der Waals surface area contributed by atoms with E-state index in [1.807, 2.05) is 0 Å². The molecule has 2 aromatic heterocycles. The minimum atomic E-state index is -1.34. The normalized spacial score (nSPS) is 30.8. The third-order valence-corrected chi connectivity index (χ3v) is 3.34. The zero-order valence-electron chi connectivity index (χ0n) is 10.1. The fourth-order valence-corrected chi connectivity index (χ4v) is 2.30. The average molecular weight is 302 g/mol. The molecule has 0 radical (unpaired) electrons. The van der Waals surface area contributed by atoms with Gasteiger partial charge in [-0.25, -0.2) is 4.98 Å². The molecule has 9 nitrogen and oxygen atoms in total. The van der Waals surface area contributed by atoms with Gasteiger partial charge in [0.2, 0.25) is 5.28 Å². The van der Waals surface area contributed by atoms with Crippen molar-refractivity contribution in [3.05, 3.63) is 11.6 Å². The molecule has 10 heteroatoms. The lowest BCUT2D eigenvalue weighted by Gasteiger charge is -2.35. The van der Waals surface area contributed by atoms with E-state index in [1.165, 1.54) is 10.9 Å². The first-order valence-electron chi connectivity index (χ1n) is 5.80. The number of hydrogen-bond acceptors (Lipinski definition) is 8. The topological polar surface area (TPSA) is 140 Å². The van der Waals surface area contributed by atoms with Crippen molar-refractivity contribution in [1.29, 1.82) is 0 Å². The van der Waals surface area contributed by atoms with Crippen LogP contribution in [0.25, 0.3) is 11.2 Å². The van der Waals surface area contributed by atoms with Crippen molar-refractivity contribution in [2.24, 2.45) is 0 Å². The van der Waals surface area contributed by atoms with E-state index >= 15 is 0 Å². The molecule has 20 heavy (non-hydrogen) atoms. The lowest BCUT2D eigenvalue weighted by molar-refractivity contribution is -0.210. The third kappa shape index (κ3) is 2.00. The number of aliphatic hydroxyl groups is 3. The van der Waals surface area contributed by atoms with E-state index < -0.39 is 24.5 Å². The van der Waals surface area contributed by atoms with Crippen LogP contribution in [0.15, 0.2) is 6.33 Å². The Morgan fingerprint density at radius 3 is 2.80 bits per heavy atom. The van der Waals surface area contributed by atoms with Gasteiger partial charge in [-0.15, -0.1) is 0 Å².